The van der Waals surface area contributed by atoms with E-state index >= 15 is 0 Å². The summed E-state index contributed by atoms with van der Waals surface area (Å²) in [5.74, 6) is 1.90. The van der Waals surface area contributed by atoms with Gasteiger partial charge in [0.1, 0.15) is 12.4 Å². The maximum Gasteiger partial charge on any atom is 0.286 e. The molecular weight excluding hydrogens is 424 g/mol. The van der Waals surface area contributed by atoms with E-state index in [9.17, 15) is 9.59 Å². The molecule has 2 amide bonds. The van der Waals surface area contributed by atoms with E-state index < -0.39 is 0 Å². The molecule has 0 unspecified atom stereocenters. The van der Waals surface area contributed by atoms with Crippen LogP contribution in [0.5, 0.6) is 11.5 Å². The zero-order valence-electron chi connectivity index (χ0n) is 17.7. The molecule has 4 aromatic rings. The van der Waals surface area contributed by atoms with Crippen LogP contribution in [0.4, 0.5) is 5.69 Å². The number of hydrogen-bond donors (Lipinski definition) is 2. The third kappa shape index (κ3) is 4.52. The Kier molecular flexibility index (Phi) is 5.67. The highest BCUT2D eigenvalue weighted by molar-refractivity contribution is 5.92. The third-order valence-electron chi connectivity index (χ3n) is 5.30. The second kappa shape index (κ2) is 9.07. The Morgan fingerprint density at radius 3 is 2.79 bits per heavy atom. The van der Waals surface area contributed by atoms with E-state index in [-0.39, 0.29) is 30.9 Å². The number of para-hydroxylation sites is 2. The number of rotatable bonds is 8. The molecule has 9 nitrogen and oxygen atoms in total. The van der Waals surface area contributed by atoms with Gasteiger partial charge < -0.3 is 29.1 Å². The van der Waals surface area contributed by atoms with Crippen molar-refractivity contribution in [3.05, 3.63) is 72.4 Å². The summed E-state index contributed by atoms with van der Waals surface area (Å²) >= 11 is 0. The number of fused-ring (bicyclic) bond motifs is 2. The summed E-state index contributed by atoms with van der Waals surface area (Å²) in [6, 6.07) is 16.3. The summed E-state index contributed by atoms with van der Waals surface area (Å²) in [6.45, 7) is 0.758. The van der Waals surface area contributed by atoms with Gasteiger partial charge in [0.2, 0.25) is 12.7 Å². The number of ether oxygens (including phenoxy) is 2. The Balaban J connectivity index is 1.25. The van der Waals surface area contributed by atoms with Crippen LogP contribution < -0.4 is 20.1 Å². The van der Waals surface area contributed by atoms with E-state index in [1.54, 1.807) is 30.3 Å². The Hall–Kier alpha value is -4.27. The van der Waals surface area contributed by atoms with Crippen LogP contribution in [0.25, 0.3) is 11.0 Å². The largest absolute Gasteiger partial charge is 0.459 e. The molecule has 2 N–H and O–H groups in total. The van der Waals surface area contributed by atoms with Crippen LogP contribution in [-0.4, -0.2) is 34.7 Å². The number of carbonyl (C=O) groups excluding carboxylic acids is 2. The van der Waals surface area contributed by atoms with Gasteiger partial charge in [0, 0.05) is 24.7 Å². The number of aromatic nitrogens is 2. The summed E-state index contributed by atoms with van der Waals surface area (Å²) in [6.07, 6.45) is 2.73. The molecule has 0 bridgehead atoms. The second-order valence-corrected chi connectivity index (χ2v) is 7.56. The quantitative estimate of drug-likeness (QED) is 0.402. The van der Waals surface area contributed by atoms with Crippen molar-refractivity contribution in [1.82, 2.24) is 14.9 Å². The van der Waals surface area contributed by atoms with Crippen molar-refractivity contribution in [3.8, 4) is 11.5 Å². The maximum absolute atomic E-state index is 12.8. The molecule has 2 aromatic carbocycles. The number of imidazole rings is 1. The molecule has 9 heteroatoms. The minimum Gasteiger partial charge on any atom is -0.459 e. The molecular formula is C24H22N4O5. The van der Waals surface area contributed by atoms with Gasteiger partial charge >= 0.3 is 0 Å². The van der Waals surface area contributed by atoms with Gasteiger partial charge in [0.25, 0.3) is 5.91 Å². The molecule has 33 heavy (non-hydrogen) atoms. The van der Waals surface area contributed by atoms with Crippen LogP contribution in [0, 0.1) is 0 Å². The predicted molar refractivity (Wildman–Crippen MR) is 120 cm³/mol. The van der Waals surface area contributed by atoms with Gasteiger partial charge in [-0.25, -0.2) is 4.98 Å². The highest BCUT2D eigenvalue weighted by Gasteiger charge is 2.17. The number of aryl methyl sites for hydroxylation is 1. The monoisotopic (exact) mass is 446 g/mol. The number of anilines is 1. The Labute approximate surface area is 189 Å². The molecule has 0 atom stereocenters. The fourth-order valence-corrected chi connectivity index (χ4v) is 3.75. The number of hydrogen-bond acceptors (Lipinski definition) is 6. The summed E-state index contributed by atoms with van der Waals surface area (Å²) in [7, 11) is 0. The lowest BCUT2D eigenvalue weighted by atomic mass is 10.2. The van der Waals surface area contributed by atoms with E-state index in [0.29, 0.717) is 36.6 Å². The lowest BCUT2D eigenvalue weighted by Crippen LogP contribution is -2.25. The number of nitrogens with one attached hydrogen (secondary N) is 2. The average molecular weight is 446 g/mol. The number of carbonyl (C=O) groups is 2. The van der Waals surface area contributed by atoms with Crippen LogP contribution in [0.1, 0.15) is 22.8 Å². The van der Waals surface area contributed by atoms with E-state index in [0.717, 1.165) is 16.9 Å². The molecule has 3 heterocycles. The minimum atomic E-state index is -0.253. The first kappa shape index (κ1) is 20.6. The fourth-order valence-electron chi connectivity index (χ4n) is 3.75. The topological polar surface area (TPSA) is 108 Å². The fraction of sp³-hybridized carbons (Fsp3) is 0.208. The summed E-state index contributed by atoms with van der Waals surface area (Å²) < 4.78 is 17.7. The van der Waals surface area contributed by atoms with Crippen LogP contribution in [0.3, 0.4) is 0 Å². The molecule has 168 valence electrons. The van der Waals surface area contributed by atoms with E-state index in [1.807, 2.05) is 28.8 Å². The van der Waals surface area contributed by atoms with Crippen molar-refractivity contribution in [1.29, 1.82) is 0 Å². The molecule has 0 radical (unpaired) electrons. The van der Waals surface area contributed by atoms with Gasteiger partial charge in [-0.1, -0.05) is 12.1 Å². The van der Waals surface area contributed by atoms with E-state index in [1.165, 1.54) is 6.26 Å². The van der Waals surface area contributed by atoms with Crippen molar-refractivity contribution >= 4 is 28.5 Å². The number of amides is 2. The van der Waals surface area contributed by atoms with Crippen molar-refractivity contribution in [3.63, 3.8) is 0 Å². The van der Waals surface area contributed by atoms with Crippen molar-refractivity contribution in [2.24, 2.45) is 0 Å². The average Bonchev–Trinajstić information content (AvgIpc) is 3.57. The molecule has 1 aliphatic rings. The first-order valence-corrected chi connectivity index (χ1v) is 10.6. The molecule has 2 aromatic heterocycles. The standard InChI is InChI=1S/C24H22N4O5/c29-23(26-16-9-10-19-21(13-16)33-15-32-19)14-28-18-6-2-1-5-17(18)27-22(28)8-3-11-25-24(30)20-7-4-12-31-20/h1-2,4-7,9-10,12-13H,3,8,11,14-15H2,(H,25,30)(H,26,29). The molecule has 0 spiro atoms. The molecule has 0 saturated heterocycles. The van der Waals surface area contributed by atoms with Gasteiger partial charge in [-0.05, 0) is 42.8 Å². The number of nitrogens with zero attached hydrogens (tertiary/aromatic N) is 2. The lowest BCUT2D eigenvalue weighted by Gasteiger charge is -2.11. The molecule has 0 aliphatic carbocycles. The highest BCUT2D eigenvalue weighted by Crippen LogP contribution is 2.34. The first-order valence-electron chi connectivity index (χ1n) is 10.6. The third-order valence-corrected chi connectivity index (χ3v) is 5.30. The van der Waals surface area contributed by atoms with Crippen LogP contribution >= 0.6 is 0 Å². The summed E-state index contributed by atoms with van der Waals surface area (Å²) in [5.41, 5.74) is 2.34. The summed E-state index contributed by atoms with van der Waals surface area (Å²) in [5, 5.41) is 5.74. The highest BCUT2D eigenvalue weighted by atomic mass is 16.7. The SMILES string of the molecule is O=C(Cn1c(CCCNC(=O)c2ccco2)nc2ccccc21)Nc1ccc2c(c1)OCO2. The maximum atomic E-state index is 12.8. The van der Waals surface area contributed by atoms with Gasteiger partial charge in [-0.15, -0.1) is 0 Å². The van der Waals surface area contributed by atoms with E-state index in [2.05, 4.69) is 10.6 Å². The van der Waals surface area contributed by atoms with Gasteiger partial charge in [0.15, 0.2) is 17.3 Å². The molecule has 0 fully saturated rings. The normalized spacial score (nSPS) is 12.1. The van der Waals surface area contributed by atoms with Crippen LogP contribution in [0.15, 0.2) is 65.3 Å². The lowest BCUT2D eigenvalue weighted by molar-refractivity contribution is -0.116. The molecule has 5 rings (SSSR count). The smallest absolute Gasteiger partial charge is 0.286 e. The zero-order chi connectivity index (χ0) is 22.6. The second-order valence-electron chi connectivity index (χ2n) is 7.56. The summed E-state index contributed by atoms with van der Waals surface area (Å²) in [4.78, 5) is 29.5. The Bertz CT molecular complexity index is 1300. The van der Waals surface area contributed by atoms with Gasteiger partial charge in [-0.3, -0.25) is 9.59 Å². The zero-order valence-corrected chi connectivity index (χ0v) is 17.7. The van der Waals surface area contributed by atoms with Crippen molar-refractivity contribution in [2.75, 3.05) is 18.7 Å². The van der Waals surface area contributed by atoms with Crippen molar-refractivity contribution < 1.29 is 23.5 Å². The number of furan rings is 1. The van der Waals surface area contributed by atoms with Crippen LogP contribution in [0.2, 0.25) is 0 Å². The minimum absolute atomic E-state index is 0.114. The Morgan fingerprint density at radius 1 is 1.03 bits per heavy atom. The Morgan fingerprint density at radius 2 is 1.91 bits per heavy atom. The van der Waals surface area contributed by atoms with Crippen molar-refractivity contribution in [2.45, 2.75) is 19.4 Å². The molecule has 0 saturated carbocycles. The van der Waals surface area contributed by atoms with Gasteiger partial charge in [0.05, 0.1) is 17.3 Å². The van der Waals surface area contributed by atoms with Gasteiger partial charge in [-0.2, -0.15) is 0 Å². The first-order chi connectivity index (χ1) is 16.2. The number of benzene rings is 2. The molecule has 1 aliphatic heterocycles. The predicted octanol–water partition coefficient (Wildman–Crippen LogP) is 3.36. The van der Waals surface area contributed by atoms with E-state index in [4.69, 9.17) is 18.9 Å². The van der Waals surface area contributed by atoms with Crippen LogP contribution in [-0.2, 0) is 17.8 Å².